The molecule has 0 saturated heterocycles. The number of aromatic nitrogens is 1. The highest BCUT2D eigenvalue weighted by molar-refractivity contribution is 6.32. The van der Waals surface area contributed by atoms with Crippen molar-refractivity contribution in [2.75, 3.05) is 7.11 Å². The molecule has 2 rings (SSSR count). The van der Waals surface area contributed by atoms with Crippen LogP contribution < -0.4 is 10.1 Å². The quantitative estimate of drug-likeness (QED) is 0.864. The average Bonchev–Trinajstić information content (AvgIpc) is 2.48. The lowest BCUT2D eigenvalue weighted by Gasteiger charge is -2.16. The highest BCUT2D eigenvalue weighted by Gasteiger charge is 2.14. The summed E-state index contributed by atoms with van der Waals surface area (Å²) in [5, 5.41) is 3.13. The van der Waals surface area contributed by atoms with Gasteiger partial charge in [-0.25, -0.2) is 4.98 Å². The van der Waals surface area contributed by atoms with E-state index in [1.165, 1.54) is 0 Å². The monoisotopic (exact) mass is 304 g/mol. The Morgan fingerprint density at radius 3 is 2.81 bits per heavy atom. The second-order valence-electron chi connectivity index (χ2n) is 4.73. The molecule has 0 saturated carbocycles. The summed E-state index contributed by atoms with van der Waals surface area (Å²) in [6.07, 6.45) is 2.23. The summed E-state index contributed by atoms with van der Waals surface area (Å²) in [4.78, 5) is 16.1. The van der Waals surface area contributed by atoms with Crippen molar-refractivity contribution < 1.29 is 9.53 Å². The number of nitrogens with one attached hydrogen (secondary N) is 1. The van der Waals surface area contributed by atoms with Crippen molar-refractivity contribution in [3.8, 4) is 5.75 Å². The second-order valence-corrected chi connectivity index (χ2v) is 5.09. The maximum absolute atomic E-state index is 12.2. The van der Waals surface area contributed by atoms with Crippen molar-refractivity contribution in [1.29, 1.82) is 0 Å². The summed E-state index contributed by atoms with van der Waals surface area (Å²) in [6.45, 7) is 1.94. The van der Waals surface area contributed by atoms with E-state index in [2.05, 4.69) is 10.3 Å². The van der Waals surface area contributed by atoms with Crippen LogP contribution >= 0.6 is 11.6 Å². The molecule has 0 spiro atoms. The van der Waals surface area contributed by atoms with Gasteiger partial charge in [-0.3, -0.25) is 4.79 Å². The summed E-state index contributed by atoms with van der Waals surface area (Å²) >= 11 is 5.92. The minimum absolute atomic E-state index is 0.0509. The van der Waals surface area contributed by atoms with Gasteiger partial charge in [0.05, 0.1) is 12.7 Å². The molecule has 1 aromatic heterocycles. The van der Waals surface area contributed by atoms with Gasteiger partial charge >= 0.3 is 0 Å². The SMILES string of the molecule is COc1ccccc1CC(C)NC(=O)c1cccnc1Cl. The highest BCUT2D eigenvalue weighted by atomic mass is 35.5. The Kier molecular flexibility index (Phi) is 5.17. The molecule has 1 atom stereocenters. The van der Waals surface area contributed by atoms with E-state index in [4.69, 9.17) is 16.3 Å². The zero-order chi connectivity index (χ0) is 15.2. The number of carbonyl (C=O) groups is 1. The van der Waals surface area contributed by atoms with Crippen molar-refractivity contribution in [2.24, 2.45) is 0 Å². The van der Waals surface area contributed by atoms with Gasteiger partial charge in [-0.2, -0.15) is 0 Å². The van der Waals surface area contributed by atoms with Crippen LogP contribution in [0.25, 0.3) is 0 Å². The first-order valence-corrected chi connectivity index (χ1v) is 7.03. The molecular weight excluding hydrogens is 288 g/mol. The molecule has 5 heteroatoms. The molecule has 110 valence electrons. The van der Waals surface area contributed by atoms with Crippen LogP contribution in [0.15, 0.2) is 42.6 Å². The number of pyridine rings is 1. The predicted molar refractivity (Wildman–Crippen MR) is 82.9 cm³/mol. The Labute approximate surface area is 129 Å². The second kappa shape index (κ2) is 7.09. The molecular formula is C16H17ClN2O2. The lowest BCUT2D eigenvalue weighted by Crippen LogP contribution is -2.34. The number of ether oxygens (including phenoxy) is 1. The zero-order valence-electron chi connectivity index (χ0n) is 12.0. The Morgan fingerprint density at radius 1 is 1.33 bits per heavy atom. The number of halogens is 1. The summed E-state index contributed by atoms with van der Waals surface area (Å²) in [6, 6.07) is 11.0. The summed E-state index contributed by atoms with van der Waals surface area (Å²) < 4.78 is 5.31. The van der Waals surface area contributed by atoms with Crippen molar-refractivity contribution in [1.82, 2.24) is 10.3 Å². The van der Waals surface area contributed by atoms with E-state index < -0.39 is 0 Å². The maximum atomic E-state index is 12.2. The topological polar surface area (TPSA) is 51.2 Å². The van der Waals surface area contributed by atoms with Crippen LogP contribution in [0.5, 0.6) is 5.75 Å². The van der Waals surface area contributed by atoms with Crippen LogP contribution in [-0.4, -0.2) is 24.0 Å². The fourth-order valence-corrected chi connectivity index (χ4v) is 2.31. The van der Waals surface area contributed by atoms with E-state index in [-0.39, 0.29) is 17.1 Å². The molecule has 1 amide bonds. The Hall–Kier alpha value is -2.07. The van der Waals surface area contributed by atoms with E-state index >= 15 is 0 Å². The zero-order valence-corrected chi connectivity index (χ0v) is 12.7. The van der Waals surface area contributed by atoms with Crippen molar-refractivity contribution in [3.63, 3.8) is 0 Å². The molecule has 0 aliphatic heterocycles. The van der Waals surface area contributed by atoms with E-state index in [0.717, 1.165) is 11.3 Å². The number of rotatable bonds is 5. The molecule has 2 aromatic rings. The van der Waals surface area contributed by atoms with Gasteiger partial charge in [0.1, 0.15) is 10.9 Å². The Morgan fingerprint density at radius 2 is 2.10 bits per heavy atom. The van der Waals surface area contributed by atoms with Crippen molar-refractivity contribution >= 4 is 17.5 Å². The maximum Gasteiger partial charge on any atom is 0.254 e. The van der Waals surface area contributed by atoms with Crippen LogP contribution in [0.4, 0.5) is 0 Å². The first kappa shape index (κ1) is 15.3. The van der Waals surface area contributed by atoms with Crippen LogP contribution in [0.1, 0.15) is 22.8 Å². The molecule has 1 aromatic carbocycles. The van der Waals surface area contributed by atoms with Crippen LogP contribution in [0.3, 0.4) is 0 Å². The molecule has 0 bridgehead atoms. The number of methoxy groups -OCH3 is 1. The predicted octanol–water partition coefficient (Wildman–Crippen LogP) is 3.10. The van der Waals surface area contributed by atoms with Gasteiger partial charge in [0.15, 0.2) is 0 Å². The van der Waals surface area contributed by atoms with E-state index in [0.29, 0.717) is 12.0 Å². The number of hydrogen-bond donors (Lipinski definition) is 1. The standard InChI is InChI=1S/C16H17ClN2O2/c1-11(10-12-6-3-4-8-14(12)21-2)19-16(20)13-7-5-9-18-15(13)17/h3-9,11H,10H2,1-2H3,(H,19,20). The summed E-state index contributed by atoms with van der Waals surface area (Å²) in [7, 11) is 1.64. The van der Waals surface area contributed by atoms with Crippen LogP contribution in [0, 0.1) is 0 Å². The highest BCUT2D eigenvalue weighted by Crippen LogP contribution is 2.19. The minimum atomic E-state index is -0.226. The first-order valence-electron chi connectivity index (χ1n) is 6.65. The first-order chi connectivity index (χ1) is 10.1. The summed E-state index contributed by atoms with van der Waals surface area (Å²) in [5.74, 6) is 0.591. The third kappa shape index (κ3) is 3.95. The van der Waals surface area contributed by atoms with Gasteiger partial charge < -0.3 is 10.1 Å². The Balaban J connectivity index is 2.03. The van der Waals surface area contributed by atoms with Crippen LogP contribution in [-0.2, 0) is 6.42 Å². The van der Waals surface area contributed by atoms with E-state index in [1.807, 2.05) is 31.2 Å². The third-order valence-electron chi connectivity index (χ3n) is 3.10. The molecule has 4 nitrogen and oxygen atoms in total. The number of para-hydroxylation sites is 1. The van der Waals surface area contributed by atoms with Gasteiger partial charge in [-0.15, -0.1) is 0 Å². The molecule has 1 N–H and O–H groups in total. The van der Waals surface area contributed by atoms with E-state index in [1.54, 1.807) is 25.4 Å². The van der Waals surface area contributed by atoms with Gasteiger partial charge in [0.25, 0.3) is 5.91 Å². The lowest BCUT2D eigenvalue weighted by atomic mass is 10.1. The fraction of sp³-hybridized carbons (Fsp3) is 0.250. The molecule has 0 aliphatic carbocycles. The Bertz CT molecular complexity index is 631. The van der Waals surface area contributed by atoms with Crippen molar-refractivity contribution in [2.45, 2.75) is 19.4 Å². The molecule has 1 unspecified atom stereocenters. The van der Waals surface area contributed by atoms with Gasteiger partial charge in [0, 0.05) is 12.2 Å². The van der Waals surface area contributed by atoms with Gasteiger partial charge in [-0.1, -0.05) is 29.8 Å². The summed E-state index contributed by atoms with van der Waals surface area (Å²) in [5.41, 5.74) is 1.43. The van der Waals surface area contributed by atoms with Crippen LogP contribution in [0.2, 0.25) is 5.15 Å². The normalized spacial score (nSPS) is 11.8. The van der Waals surface area contributed by atoms with Gasteiger partial charge in [0.2, 0.25) is 0 Å². The van der Waals surface area contributed by atoms with Gasteiger partial charge in [-0.05, 0) is 37.1 Å². The smallest absolute Gasteiger partial charge is 0.254 e. The molecule has 1 heterocycles. The largest absolute Gasteiger partial charge is 0.496 e. The minimum Gasteiger partial charge on any atom is -0.496 e. The fourth-order valence-electron chi connectivity index (χ4n) is 2.11. The third-order valence-corrected chi connectivity index (χ3v) is 3.40. The number of benzene rings is 1. The molecule has 0 radical (unpaired) electrons. The number of nitrogens with zero attached hydrogens (tertiary/aromatic N) is 1. The number of hydrogen-bond acceptors (Lipinski definition) is 3. The lowest BCUT2D eigenvalue weighted by molar-refractivity contribution is 0.0939. The number of amides is 1. The number of carbonyl (C=O) groups excluding carboxylic acids is 1. The van der Waals surface area contributed by atoms with E-state index in [9.17, 15) is 4.79 Å². The average molecular weight is 305 g/mol. The molecule has 21 heavy (non-hydrogen) atoms. The molecule has 0 fully saturated rings. The van der Waals surface area contributed by atoms with Crippen molar-refractivity contribution in [3.05, 3.63) is 58.9 Å². The molecule has 0 aliphatic rings.